The zero-order valence-corrected chi connectivity index (χ0v) is 20.7. The molecule has 17 nitrogen and oxygen atoms in total. The third-order valence-electron chi connectivity index (χ3n) is 5.20. The molecule has 20 heteroatoms. The molecule has 0 aromatic carbocycles. The molecule has 2 unspecified atom stereocenters. The lowest BCUT2D eigenvalue weighted by atomic mass is 9.89. The molecule has 0 aliphatic carbocycles. The first-order valence-electron chi connectivity index (χ1n) is 9.93. The maximum absolute atomic E-state index is 12.8. The van der Waals surface area contributed by atoms with Crippen LogP contribution in [-0.2, 0) is 30.6 Å². The van der Waals surface area contributed by atoms with Crippen LogP contribution in [0, 0.1) is 5.41 Å². The number of tetrazole rings is 1. The number of carbonyl (C=O) groups is 4. The molecular weight excluding hydrogens is 540 g/mol. The largest absolute Gasteiger partial charge is 0.481 e. The molecule has 2 aromatic heterocycles. The minimum atomic E-state index is -1.35. The lowest BCUT2D eigenvalue weighted by Gasteiger charge is -2.53. The zero-order valence-electron chi connectivity index (χ0n) is 18.3. The van der Waals surface area contributed by atoms with E-state index < -0.39 is 47.1 Å². The Labute approximate surface area is 214 Å². The van der Waals surface area contributed by atoms with E-state index in [4.69, 9.17) is 15.7 Å². The van der Waals surface area contributed by atoms with Crippen molar-refractivity contribution in [2.75, 3.05) is 30.9 Å². The van der Waals surface area contributed by atoms with Gasteiger partial charge >= 0.3 is 11.9 Å². The summed E-state index contributed by atoms with van der Waals surface area (Å²) in [5.74, 6) is -3.42. The number of amides is 2. The Morgan fingerprint density at radius 1 is 1.39 bits per heavy atom. The van der Waals surface area contributed by atoms with E-state index in [9.17, 15) is 24.3 Å². The topological polar surface area (TPSA) is 241 Å². The summed E-state index contributed by atoms with van der Waals surface area (Å²) in [6, 6.07) is -0.914. The smallest absolute Gasteiger partial charge is 0.325 e. The molecule has 3 atom stereocenters. The highest BCUT2D eigenvalue weighted by atomic mass is 32.2. The second-order valence-electron chi connectivity index (χ2n) is 7.58. The summed E-state index contributed by atoms with van der Waals surface area (Å²) in [4.78, 5) is 58.8. The van der Waals surface area contributed by atoms with Crippen LogP contribution in [0.15, 0.2) is 10.3 Å². The third kappa shape index (κ3) is 4.91. The number of aliphatic carboxylic acids is 2. The average molecular weight is 559 g/mol. The first kappa shape index (κ1) is 25.6. The van der Waals surface area contributed by atoms with Crippen LogP contribution < -0.4 is 11.1 Å². The number of thioether (sulfide) groups is 2. The molecule has 0 radical (unpaired) electrons. The molecule has 192 valence electrons. The normalized spacial score (nSPS) is 23.5. The van der Waals surface area contributed by atoms with E-state index >= 15 is 0 Å². The van der Waals surface area contributed by atoms with Crippen LogP contribution in [-0.4, -0.2) is 111 Å². The molecule has 2 aromatic rings. The van der Waals surface area contributed by atoms with Crippen LogP contribution in [0.1, 0.15) is 5.82 Å². The Kier molecular flexibility index (Phi) is 7.26. The van der Waals surface area contributed by atoms with Crippen molar-refractivity contribution < 1.29 is 34.2 Å². The number of nitrogen functional groups attached to an aromatic ring is 1. The number of hydrogen-bond acceptors (Lipinski definition) is 15. The molecule has 4 heterocycles. The van der Waals surface area contributed by atoms with Gasteiger partial charge in [0.25, 0.3) is 5.91 Å². The maximum Gasteiger partial charge on any atom is 0.325 e. The summed E-state index contributed by atoms with van der Waals surface area (Å²) in [7, 11) is 1.24. The Morgan fingerprint density at radius 3 is 2.81 bits per heavy atom. The van der Waals surface area contributed by atoms with Crippen LogP contribution >= 0.6 is 35.1 Å². The number of anilines is 1. The number of fused-ring (bicyclic) bond motifs is 1. The lowest BCUT2D eigenvalue weighted by Crippen LogP contribution is -2.74. The highest BCUT2D eigenvalue weighted by Gasteiger charge is 2.57. The van der Waals surface area contributed by atoms with E-state index in [1.807, 2.05) is 0 Å². The second-order valence-corrected chi connectivity index (χ2v) is 10.4. The number of carboxylic acids is 2. The molecule has 0 spiro atoms. The zero-order chi connectivity index (χ0) is 26.0. The van der Waals surface area contributed by atoms with Crippen LogP contribution in [0.4, 0.5) is 5.13 Å². The fourth-order valence-corrected chi connectivity index (χ4v) is 6.62. The number of nitrogens with one attached hydrogen (secondary N) is 1. The maximum atomic E-state index is 12.8. The summed E-state index contributed by atoms with van der Waals surface area (Å²) in [5.41, 5.74) is 3.96. The number of β-lactam (4-membered cyclic amide) rings is 1. The van der Waals surface area contributed by atoms with Gasteiger partial charge in [0.05, 0.1) is 0 Å². The first-order chi connectivity index (χ1) is 17.1. The summed E-state index contributed by atoms with van der Waals surface area (Å²) in [6.45, 7) is -0.586. The summed E-state index contributed by atoms with van der Waals surface area (Å²) in [6.07, 6.45) is 0. The molecule has 2 fully saturated rings. The Hall–Kier alpha value is -3.52. The fraction of sp³-hybridized carbons (Fsp3) is 0.500. The van der Waals surface area contributed by atoms with Gasteiger partial charge in [-0.2, -0.15) is 9.36 Å². The fourth-order valence-electron chi connectivity index (χ4n) is 3.45. The van der Waals surface area contributed by atoms with E-state index in [2.05, 4.69) is 35.4 Å². The molecule has 2 aliphatic rings. The van der Waals surface area contributed by atoms with Crippen molar-refractivity contribution in [3.05, 3.63) is 5.82 Å². The third-order valence-corrected chi connectivity index (χ3v) is 8.58. The highest BCUT2D eigenvalue weighted by molar-refractivity contribution is 8.00. The van der Waals surface area contributed by atoms with Crippen LogP contribution in [0.2, 0.25) is 0 Å². The van der Waals surface area contributed by atoms with E-state index in [0.717, 1.165) is 28.0 Å². The van der Waals surface area contributed by atoms with Crippen LogP contribution in [0.5, 0.6) is 0 Å². The molecule has 2 saturated heterocycles. The molecule has 36 heavy (non-hydrogen) atoms. The predicted molar refractivity (Wildman–Crippen MR) is 124 cm³/mol. The van der Waals surface area contributed by atoms with Gasteiger partial charge in [-0.05, 0) is 10.4 Å². The predicted octanol–water partition coefficient (Wildman–Crippen LogP) is -2.19. The lowest BCUT2D eigenvalue weighted by molar-refractivity contribution is -0.157. The van der Waals surface area contributed by atoms with Gasteiger partial charge in [0.15, 0.2) is 5.13 Å². The van der Waals surface area contributed by atoms with Gasteiger partial charge in [-0.3, -0.25) is 19.2 Å². The molecule has 2 aliphatic heterocycles. The highest BCUT2D eigenvalue weighted by Crippen LogP contribution is 2.44. The first-order valence-corrected chi connectivity index (χ1v) is 12.7. The number of hydrogen-bond donors (Lipinski definition) is 4. The summed E-state index contributed by atoms with van der Waals surface area (Å²) in [5, 5.41) is 35.7. The molecule has 0 bridgehead atoms. The number of aromatic nitrogens is 6. The minimum absolute atomic E-state index is 0.00951. The van der Waals surface area contributed by atoms with Gasteiger partial charge in [0.1, 0.15) is 30.5 Å². The number of rotatable bonds is 10. The summed E-state index contributed by atoms with van der Waals surface area (Å²) < 4.78 is 4.97. The quantitative estimate of drug-likeness (QED) is 0.105. The van der Waals surface area contributed by atoms with Crippen molar-refractivity contribution in [1.29, 1.82) is 0 Å². The number of carbonyl (C=O) groups excluding carboxylic acids is 2. The van der Waals surface area contributed by atoms with Crippen LogP contribution in [0.25, 0.3) is 0 Å². The van der Waals surface area contributed by atoms with Gasteiger partial charge in [0.2, 0.25) is 22.6 Å². The second kappa shape index (κ2) is 10.2. The van der Waals surface area contributed by atoms with E-state index in [0.29, 0.717) is 0 Å². The molecule has 4 rings (SSSR count). The number of nitrogens with zero attached hydrogens (tertiary/aromatic N) is 8. The minimum Gasteiger partial charge on any atom is -0.481 e. The van der Waals surface area contributed by atoms with Crippen molar-refractivity contribution in [3.8, 4) is 0 Å². The number of nitrogens with two attached hydrogens (primary N) is 1. The van der Waals surface area contributed by atoms with Gasteiger partial charge in [0, 0.05) is 29.6 Å². The Morgan fingerprint density at radius 2 is 2.17 bits per heavy atom. The van der Waals surface area contributed by atoms with Gasteiger partial charge in [-0.25, -0.2) is 4.68 Å². The van der Waals surface area contributed by atoms with E-state index in [-0.39, 0.29) is 39.9 Å². The number of oxime groups is 1. The average Bonchev–Trinajstić information content (AvgIpc) is 3.47. The van der Waals surface area contributed by atoms with Gasteiger partial charge in [-0.15, -0.1) is 16.9 Å². The van der Waals surface area contributed by atoms with Crippen molar-refractivity contribution in [3.63, 3.8) is 0 Å². The van der Waals surface area contributed by atoms with Gasteiger partial charge < -0.3 is 31.0 Å². The monoisotopic (exact) mass is 558 g/mol. The van der Waals surface area contributed by atoms with E-state index in [1.54, 1.807) is 0 Å². The van der Waals surface area contributed by atoms with Gasteiger partial charge in [-0.1, -0.05) is 16.9 Å². The Bertz CT molecular complexity index is 1230. The molecule has 0 saturated carbocycles. The summed E-state index contributed by atoms with van der Waals surface area (Å²) >= 11 is 3.05. The van der Waals surface area contributed by atoms with Crippen LogP contribution in [0.3, 0.4) is 0 Å². The number of carboxylic acid groups (broad SMARTS) is 2. The van der Waals surface area contributed by atoms with E-state index in [1.165, 1.54) is 23.8 Å². The molecule has 5 N–H and O–H groups in total. The van der Waals surface area contributed by atoms with Crippen molar-refractivity contribution in [2.45, 2.75) is 23.1 Å². The van der Waals surface area contributed by atoms with Crippen molar-refractivity contribution in [2.24, 2.45) is 10.6 Å². The molecular formula is C16H18N10O7S3. The van der Waals surface area contributed by atoms with Crippen molar-refractivity contribution >= 4 is 69.7 Å². The molecule has 2 amide bonds. The SMILES string of the molecule is CON=C(C(=O)NC1C(=O)N2CC(CSc3nnnn3CC(=O)O)(C(=O)O)CS[C@H]12)c1nsc(N)n1. The standard InChI is InChI=1S/C16H18N10O7S3/c1-33-21-7(9-19-14(17)36-22-9)10(29)18-8-11(30)25-3-16(13(31)32,4-34-12(8)25)5-35-15-20-23-24-26(15)2-6(27)28/h8,12H,2-5H2,1H3,(H,18,29)(H,27,28)(H,31,32)(H2,17,19,22)/t8?,12-,16?/m1/s1. The Balaban J connectivity index is 1.42. The van der Waals surface area contributed by atoms with Crippen molar-refractivity contribution in [1.82, 2.24) is 39.8 Å².